The molecule has 23 heavy (non-hydrogen) atoms. The van der Waals surface area contributed by atoms with E-state index in [2.05, 4.69) is 10.6 Å². The lowest BCUT2D eigenvalue weighted by molar-refractivity contribution is 0.248. The number of rotatable bonds is 3. The molecular formula is C15H20FN3O3S. The van der Waals surface area contributed by atoms with Gasteiger partial charge in [0.15, 0.2) is 0 Å². The largest absolute Gasteiger partial charge is 0.335 e. The zero-order valence-electron chi connectivity index (χ0n) is 12.7. The molecule has 1 aliphatic heterocycles. The fraction of sp³-hybridized carbons (Fsp3) is 0.533. The van der Waals surface area contributed by atoms with Gasteiger partial charge in [-0.15, -0.1) is 0 Å². The van der Waals surface area contributed by atoms with Crippen LogP contribution in [0.5, 0.6) is 0 Å². The van der Waals surface area contributed by atoms with Crippen molar-refractivity contribution in [2.75, 3.05) is 21.9 Å². The summed E-state index contributed by atoms with van der Waals surface area (Å²) in [5, 5.41) is 5.29. The van der Waals surface area contributed by atoms with E-state index in [-0.39, 0.29) is 17.5 Å². The van der Waals surface area contributed by atoms with E-state index in [1.807, 2.05) is 0 Å². The molecular weight excluding hydrogens is 321 g/mol. The SMILES string of the molecule is O=C(Nc1cc(N2CCCS2(=O)=O)ccc1F)NC1CCCC1. The summed E-state index contributed by atoms with van der Waals surface area (Å²) in [6, 6.07) is 3.62. The van der Waals surface area contributed by atoms with Crippen molar-refractivity contribution in [2.24, 2.45) is 0 Å². The average Bonchev–Trinajstić information content (AvgIpc) is 3.10. The Morgan fingerprint density at radius 3 is 2.61 bits per heavy atom. The Balaban J connectivity index is 1.74. The molecule has 0 spiro atoms. The third kappa shape index (κ3) is 3.57. The number of hydrogen-bond acceptors (Lipinski definition) is 3. The third-order valence-corrected chi connectivity index (χ3v) is 6.15. The van der Waals surface area contributed by atoms with Crippen LogP contribution in [-0.4, -0.2) is 32.8 Å². The maximum Gasteiger partial charge on any atom is 0.319 e. The van der Waals surface area contributed by atoms with Crippen LogP contribution in [-0.2, 0) is 10.0 Å². The van der Waals surface area contributed by atoms with Crippen LogP contribution < -0.4 is 14.9 Å². The highest BCUT2D eigenvalue weighted by Crippen LogP contribution is 2.28. The highest BCUT2D eigenvalue weighted by Gasteiger charge is 2.29. The number of sulfonamides is 1. The number of benzene rings is 1. The molecule has 2 amide bonds. The van der Waals surface area contributed by atoms with E-state index in [4.69, 9.17) is 0 Å². The average molecular weight is 341 g/mol. The van der Waals surface area contributed by atoms with Gasteiger partial charge in [0.25, 0.3) is 0 Å². The second-order valence-corrected chi connectivity index (χ2v) is 8.00. The highest BCUT2D eigenvalue weighted by atomic mass is 32.2. The first-order chi connectivity index (χ1) is 11.0. The summed E-state index contributed by atoms with van der Waals surface area (Å²) in [6.07, 6.45) is 4.58. The Labute approximate surface area is 135 Å². The summed E-state index contributed by atoms with van der Waals surface area (Å²) in [5.41, 5.74) is 0.361. The van der Waals surface area contributed by atoms with Gasteiger partial charge in [0.1, 0.15) is 5.82 Å². The molecule has 1 aliphatic carbocycles. The van der Waals surface area contributed by atoms with Gasteiger partial charge in [-0.2, -0.15) is 0 Å². The van der Waals surface area contributed by atoms with Crippen molar-refractivity contribution in [1.82, 2.24) is 5.32 Å². The molecule has 1 saturated carbocycles. The van der Waals surface area contributed by atoms with Crippen molar-refractivity contribution in [3.8, 4) is 0 Å². The molecule has 1 aromatic rings. The van der Waals surface area contributed by atoms with E-state index in [9.17, 15) is 17.6 Å². The fourth-order valence-corrected chi connectivity index (χ4v) is 4.66. The molecule has 0 unspecified atom stereocenters. The maximum absolute atomic E-state index is 13.9. The summed E-state index contributed by atoms with van der Waals surface area (Å²) in [6.45, 7) is 0.377. The molecule has 0 atom stereocenters. The maximum atomic E-state index is 13.9. The lowest BCUT2D eigenvalue weighted by atomic mass is 10.2. The quantitative estimate of drug-likeness (QED) is 0.886. The Morgan fingerprint density at radius 1 is 1.22 bits per heavy atom. The van der Waals surface area contributed by atoms with E-state index in [1.54, 1.807) is 0 Å². The first kappa shape index (κ1) is 16.0. The molecule has 1 saturated heterocycles. The lowest BCUT2D eigenvalue weighted by Gasteiger charge is -2.19. The van der Waals surface area contributed by atoms with Crippen LogP contribution in [0.1, 0.15) is 32.1 Å². The van der Waals surface area contributed by atoms with Crippen molar-refractivity contribution >= 4 is 27.4 Å². The fourth-order valence-electron chi connectivity index (χ4n) is 3.11. The summed E-state index contributed by atoms with van der Waals surface area (Å²) in [7, 11) is -3.33. The predicted molar refractivity (Wildman–Crippen MR) is 86.6 cm³/mol. The van der Waals surface area contributed by atoms with E-state index in [0.717, 1.165) is 25.7 Å². The Hall–Kier alpha value is -1.83. The summed E-state index contributed by atoms with van der Waals surface area (Å²) in [5.74, 6) is -0.498. The Bertz CT molecular complexity index is 702. The molecule has 0 aromatic heterocycles. The van der Waals surface area contributed by atoms with Gasteiger partial charge < -0.3 is 10.6 Å². The number of nitrogens with one attached hydrogen (secondary N) is 2. The molecule has 6 nitrogen and oxygen atoms in total. The van der Waals surface area contributed by atoms with Gasteiger partial charge in [-0.1, -0.05) is 12.8 Å². The number of urea groups is 1. The number of nitrogens with zero attached hydrogens (tertiary/aromatic N) is 1. The normalized spacial score (nSPS) is 20.7. The predicted octanol–water partition coefficient (Wildman–Crippen LogP) is 2.43. The smallest absolute Gasteiger partial charge is 0.319 e. The van der Waals surface area contributed by atoms with Crippen molar-refractivity contribution < 1.29 is 17.6 Å². The van der Waals surface area contributed by atoms with Crippen LogP contribution >= 0.6 is 0 Å². The lowest BCUT2D eigenvalue weighted by Crippen LogP contribution is -2.36. The van der Waals surface area contributed by atoms with Crippen molar-refractivity contribution in [3.05, 3.63) is 24.0 Å². The monoisotopic (exact) mass is 341 g/mol. The molecule has 8 heteroatoms. The van der Waals surface area contributed by atoms with E-state index in [1.165, 1.54) is 22.5 Å². The number of anilines is 2. The minimum atomic E-state index is -3.33. The number of halogens is 1. The number of carbonyl (C=O) groups is 1. The Kier molecular flexibility index (Phi) is 4.43. The van der Waals surface area contributed by atoms with Gasteiger partial charge in [-0.05, 0) is 37.5 Å². The molecule has 1 aromatic carbocycles. The van der Waals surface area contributed by atoms with Crippen molar-refractivity contribution in [3.63, 3.8) is 0 Å². The van der Waals surface area contributed by atoms with Crippen LogP contribution in [0.2, 0.25) is 0 Å². The van der Waals surface area contributed by atoms with Crippen LogP contribution in [0.4, 0.5) is 20.6 Å². The number of carbonyl (C=O) groups excluding carboxylic acids is 1. The molecule has 126 valence electrons. The van der Waals surface area contributed by atoms with E-state index in [0.29, 0.717) is 18.7 Å². The van der Waals surface area contributed by atoms with Gasteiger partial charge in [0.2, 0.25) is 10.0 Å². The Morgan fingerprint density at radius 2 is 1.96 bits per heavy atom. The molecule has 2 aliphatic rings. The standard InChI is InChI=1S/C15H20FN3O3S/c16-13-7-6-12(19-8-3-9-23(19,21)22)10-14(13)18-15(20)17-11-4-1-2-5-11/h6-7,10-11H,1-5,8-9H2,(H2,17,18,20). The van der Waals surface area contributed by atoms with Crippen molar-refractivity contribution in [1.29, 1.82) is 0 Å². The van der Waals surface area contributed by atoms with Gasteiger partial charge in [-0.25, -0.2) is 17.6 Å². The zero-order valence-corrected chi connectivity index (χ0v) is 13.5. The molecule has 3 rings (SSSR count). The topological polar surface area (TPSA) is 78.5 Å². The van der Waals surface area contributed by atoms with Crippen LogP contribution in [0.25, 0.3) is 0 Å². The highest BCUT2D eigenvalue weighted by molar-refractivity contribution is 7.93. The second-order valence-electron chi connectivity index (χ2n) is 5.99. The molecule has 0 radical (unpaired) electrons. The molecule has 2 N–H and O–H groups in total. The summed E-state index contributed by atoms with van der Waals surface area (Å²) >= 11 is 0. The van der Waals surface area contributed by atoms with Crippen LogP contribution in [0, 0.1) is 5.82 Å². The van der Waals surface area contributed by atoms with E-state index >= 15 is 0 Å². The van der Waals surface area contributed by atoms with Crippen LogP contribution in [0.15, 0.2) is 18.2 Å². The minimum Gasteiger partial charge on any atom is -0.335 e. The van der Waals surface area contributed by atoms with Crippen LogP contribution in [0.3, 0.4) is 0 Å². The number of amides is 2. The molecule has 2 fully saturated rings. The molecule has 0 bridgehead atoms. The van der Waals surface area contributed by atoms with Gasteiger partial charge >= 0.3 is 6.03 Å². The van der Waals surface area contributed by atoms with Gasteiger partial charge in [0, 0.05) is 12.6 Å². The van der Waals surface area contributed by atoms with Gasteiger partial charge in [-0.3, -0.25) is 4.31 Å². The zero-order chi connectivity index (χ0) is 16.4. The molecule has 1 heterocycles. The third-order valence-electron chi connectivity index (χ3n) is 4.28. The summed E-state index contributed by atoms with van der Waals surface area (Å²) in [4.78, 5) is 12.0. The van der Waals surface area contributed by atoms with Crippen molar-refractivity contribution in [2.45, 2.75) is 38.1 Å². The second kappa shape index (κ2) is 6.35. The first-order valence-electron chi connectivity index (χ1n) is 7.83. The van der Waals surface area contributed by atoms with E-state index < -0.39 is 21.9 Å². The van der Waals surface area contributed by atoms with Gasteiger partial charge in [0.05, 0.1) is 17.1 Å². The summed E-state index contributed by atoms with van der Waals surface area (Å²) < 4.78 is 39.1. The minimum absolute atomic E-state index is 0.0138. The number of hydrogen-bond donors (Lipinski definition) is 2. The first-order valence-corrected chi connectivity index (χ1v) is 9.44.